The fourth-order valence-corrected chi connectivity index (χ4v) is 3.75. The summed E-state index contributed by atoms with van der Waals surface area (Å²) >= 11 is 0. The zero-order chi connectivity index (χ0) is 18.8. The molecule has 8 nitrogen and oxygen atoms in total. The van der Waals surface area contributed by atoms with Gasteiger partial charge >= 0.3 is 0 Å². The Bertz CT molecular complexity index is 797. The van der Waals surface area contributed by atoms with Crippen LogP contribution in [0.15, 0.2) is 18.3 Å². The van der Waals surface area contributed by atoms with Crippen LogP contribution in [0.4, 0.5) is 5.82 Å². The maximum Gasteiger partial charge on any atom is 0.274 e. The van der Waals surface area contributed by atoms with E-state index in [1.807, 2.05) is 11.1 Å². The Hall–Kier alpha value is -2.16. The third-order valence-corrected chi connectivity index (χ3v) is 5.21. The molecule has 2 N–H and O–H groups in total. The number of H-pyrrole nitrogens is 1. The molecule has 2 aliphatic heterocycles. The average Bonchev–Trinajstić information content (AvgIpc) is 3.12. The molecule has 0 radical (unpaired) electrons. The summed E-state index contributed by atoms with van der Waals surface area (Å²) in [5, 5.41) is 10.7. The second-order valence-corrected chi connectivity index (χ2v) is 7.50. The van der Waals surface area contributed by atoms with Crippen LogP contribution in [0.5, 0.6) is 0 Å². The lowest BCUT2D eigenvalue weighted by atomic mass is 10.1. The van der Waals surface area contributed by atoms with E-state index in [1.54, 1.807) is 0 Å². The molecule has 2 aromatic rings. The molecule has 1 fully saturated rings. The van der Waals surface area contributed by atoms with Gasteiger partial charge in [-0.3, -0.25) is 9.89 Å². The highest BCUT2D eigenvalue weighted by Gasteiger charge is 2.28. The number of nitrogens with zero attached hydrogens (tertiary/aromatic N) is 5. The molecule has 2 aliphatic rings. The van der Waals surface area contributed by atoms with E-state index in [2.05, 4.69) is 56.5 Å². The van der Waals surface area contributed by atoms with Crippen molar-refractivity contribution in [2.75, 3.05) is 51.7 Å². The molecule has 28 heavy (non-hydrogen) atoms. The van der Waals surface area contributed by atoms with Crippen molar-refractivity contribution in [2.24, 2.45) is 0 Å². The summed E-state index contributed by atoms with van der Waals surface area (Å²) in [5.41, 5.74) is 3.91. The maximum atomic E-state index is 12.9. The second kappa shape index (κ2) is 8.89. The number of piperazine rings is 1. The lowest BCUT2D eigenvalue weighted by Crippen LogP contribution is -2.49. The molecule has 0 atom stereocenters. The van der Waals surface area contributed by atoms with Crippen LogP contribution < -0.4 is 10.2 Å². The fourth-order valence-electron chi connectivity index (χ4n) is 3.75. The van der Waals surface area contributed by atoms with Gasteiger partial charge in [0.05, 0.1) is 0 Å². The van der Waals surface area contributed by atoms with Gasteiger partial charge in [0.2, 0.25) is 0 Å². The standard InChI is InChI=1S/C19H27N7O.ClH/c1-24(2)13-14-3-4-17(21-11-14)25-7-9-26(10-8-25)19(27)18-15-12-20-6-5-16(15)22-23-18;/h3-4,11,20H,5-10,12-13H2,1-2H3,(H,22,23);1H. The van der Waals surface area contributed by atoms with Crippen LogP contribution in [0.3, 0.4) is 0 Å². The molecule has 4 heterocycles. The van der Waals surface area contributed by atoms with Gasteiger partial charge in [0.25, 0.3) is 5.91 Å². The van der Waals surface area contributed by atoms with Gasteiger partial charge in [-0.05, 0) is 25.7 Å². The van der Waals surface area contributed by atoms with Gasteiger partial charge in [-0.25, -0.2) is 4.98 Å². The molecule has 9 heteroatoms. The van der Waals surface area contributed by atoms with Gasteiger partial charge in [0.1, 0.15) is 5.82 Å². The van der Waals surface area contributed by atoms with Crippen LogP contribution in [-0.2, 0) is 19.5 Å². The Morgan fingerprint density at radius 2 is 2.00 bits per heavy atom. The smallest absolute Gasteiger partial charge is 0.274 e. The van der Waals surface area contributed by atoms with E-state index in [9.17, 15) is 4.79 Å². The number of halogens is 1. The number of nitrogens with one attached hydrogen (secondary N) is 2. The second-order valence-electron chi connectivity index (χ2n) is 7.50. The fraction of sp³-hybridized carbons (Fsp3) is 0.526. The first-order valence-corrected chi connectivity index (χ1v) is 9.52. The number of hydrogen-bond acceptors (Lipinski definition) is 6. The van der Waals surface area contributed by atoms with Crippen molar-refractivity contribution in [2.45, 2.75) is 19.5 Å². The van der Waals surface area contributed by atoms with Gasteiger partial charge in [-0.1, -0.05) is 6.07 Å². The van der Waals surface area contributed by atoms with E-state index in [-0.39, 0.29) is 18.3 Å². The van der Waals surface area contributed by atoms with Crippen LogP contribution in [0.2, 0.25) is 0 Å². The predicted octanol–water partition coefficient (Wildman–Crippen LogP) is 0.896. The summed E-state index contributed by atoms with van der Waals surface area (Å²) in [5.74, 6) is 1.01. The minimum absolute atomic E-state index is 0. The zero-order valence-corrected chi connectivity index (χ0v) is 17.3. The molecule has 0 unspecified atom stereocenters. The molecule has 0 bridgehead atoms. The Morgan fingerprint density at radius 1 is 1.21 bits per heavy atom. The first-order chi connectivity index (χ1) is 13.1. The highest BCUT2D eigenvalue weighted by molar-refractivity contribution is 5.94. The molecular weight excluding hydrogens is 378 g/mol. The molecule has 1 amide bonds. The highest BCUT2D eigenvalue weighted by Crippen LogP contribution is 2.19. The number of rotatable bonds is 4. The number of carbonyl (C=O) groups is 1. The molecule has 0 aliphatic carbocycles. The number of hydrogen-bond donors (Lipinski definition) is 2. The van der Waals surface area contributed by atoms with Gasteiger partial charge in [0.15, 0.2) is 5.69 Å². The molecular formula is C19H28ClN7O. The topological polar surface area (TPSA) is 80.4 Å². The number of anilines is 1. The quantitative estimate of drug-likeness (QED) is 0.786. The van der Waals surface area contributed by atoms with Gasteiger partial charge in [0, 0.05) is 69.7 Å². The molecule has 0 aromatic carbocycles. The first-order valence-electron chi connectivity index (χ1n) is 9.52. The first kappa shape index (κ1) is 20.6. The largest absolute Gasteiger partial charge is 0.353 e. The van der Waals surface area contributed by atoms with Crippen LogP contribution in [0.25, 0.3) is 0 Å². The van der Waals surface area contributed by atoms with Crippen molar-refractivity contribution >= 4 is 24.1 Å². The summed E-state index contributed by atoms with van der Waals surface area (Å²) < 4.78 is 0. The van der Waals surface area contributed by atoms with Crippen LogP contribution in [0, 0.1) is 0 Å². The molecule has 0 spiro atoms. The Labute approximate surface area is 171 Å². The number of pyridine rings is 1. The van der Waals surface area contributed by atoms with Crippen molar-refractivity contribution in [1.82, 2.24) is 30.3 Å². The average molecular weight is 406 g/mol. The van der Waals surface area contributed by atoms with Crippen molar-refractivity contribution in [3.05, 3.63) is 40.8 Å². The van der Waals surface area contributed by atoms with Gasteiger partial charge < -0.3 is 20.0 Å². The molecule has 152 valence electrons. The molecule has 0 saturated carbocycles. The minimum atomic E-state index is 0. The maximum absolute atomic E-state index is 12.9. The normalized spacial score (nSPS) is 16.7. The third kappa shape index (κ3) is 4.29. The minimum Gasteiger partial charge on any atom is -0.353 e. The lowest BCUT2D eigenvalue weighted by Gasteiger charge is -2.35. The molecule has 2 aromatic heterocycles. The Morgan fingerprint density at radius 3 is 2.68 bits per heavy atom. The van der Waals surface area contributed by atoms with Gasteiger partial charge in [-0.2, -0.15) is 5.10 Å². The summed E-state index contributed by atoms with van der Waals surface area (Å²) in [7, 11) is 4.10. The van der Waals surface area contributed by atoms with E-state index in [4.69, 9.17) is 0 Å². The summed E-state index contributed by atoms with van der Waals surface area (Å²) in [4.78, 5) is 23.8. The van der Waals surface area contributed by atoms with Crippen molar-refractivity contribution < 1.29 is 4.79 Å². The lowest BCUT2D eigenvalue weighted by molar-refractivity contribution is 0.0739. The summed E-state index contributed by atoms with van der Waals surface area (Å²) in [6, 6.07) is 4.20. The monoisotopic (exact) mass is 405 g/mol. The van der Waals surface area contributed by atoms with E-state index in [0.717, 1.165) is 56.2 Å². The number of fused-ring (bicyclic) bond motifs is 1. The predicted molar refractivity (Wildman–Crippen MR) is 111 cm³/mol. The molecule has 4 rings (SSSR count). The zero-order valence-electron chi connectivity index (χ0n) is 16.4. The molecule has 1 saturated heterocycles. The van der Waals surface area contributed by atoms with Crippen LogP contribution in [0.1, 0.15) is 27.3 Å². The number of aromatic nitrogens is 3. The van der Waals surface area contributed by atoms with Crippen molar-refractivity contribution in [3.8, 4) is 0 Å². The Kier molecular flexibility index (Phi) is 6.53. The van der Waals surface area contributed by atoms with Gasteiger partial charge in [-0.15, -0.1) is 12.4 Å². The Balaban J connectivity index is 0.00000225. The van der Waals surface area contributed by atoms with Crippen molar-refractivity contribution in [1.29, 1.82) is 0 Å². The van der Waals surface area contributed by atoms with Crippen LogP contribution >= 0.6 is 12.4 Å². The van der Waals surface area contributed by atoms with E-state index in [1.165, 1.54) is 5.56 Å². The summed E-state index contributed by atoms with van der Waals surface area (Å²) in [6.45, 7) is 5.49. The van der Waals surface area contributed by atoms with Crippen LogP contribution in [-0.4, -0.2) is 77.7 Å². The number of aromatic amines is 1. The SMILES string of the molecule is CN(C)Cc1ccc(N2CCN(C(=O)c3n[nH]c4c3CNCC4)CC2)nc1.Cl. The van der Waals surface area contributed by atoms with E-state index >= 15 is 0 Å². The van der Waals surface area contributed by atoms with E-state index < -0.39 is 0 Å². The van der Waals surface area contributed by atoms with Crippen molar-refractivity contribution in [3.63, 3.8) is 0 Å². The highest BCUT2D eigenvalue weighted by atomic mass is 35.5. The third-order valence-electron chi connectivity index (χ3n) is 5.21. The summed E-state index contributed by atoms with van der Waals surface area (Å²) in [6.07, 6.45) is 2.84. The van der Waals surface area contributed by atoms with E-state index in [0.29, 0.717) is 18.8 Å². The number of carbonyl (C=O) groups excluding carboxylic acids is 1. The number of amides is 1.